The highest BCUT2D eigenvalue weighted by molar-refractivity contribution is 4.95. The second kappa shape index (κ2) is 6.80. The molecule has 1 N–H and O–H groups in total. The third-order valence-electron chi connectivity index (χ3n) is 2.69. The highest BCUT2D eigenvalue weighted by atomic mass is 19.3. The summed E-state index contributed by atoms with van der Waals surface area (Å²) in [5.41, 5.74) is 0. The number of oxazole rings is 1. The number of rotatable bonds is 9. The van der Waals surface area contributed by atoms with Crippen LogP contribution in [-0.4, -0.2) is 37.2 Å². The molecule has 18 heavy (non-hydrogen) atoms. The molecule has 1 aromatic heterocycles. The van der Waals surface area contributed by atoms with Crippen molar-refractivity contribution in [1.82, 2.24) is 10.3 Å². The van der Waals surface area contributed by atoms with Crippen LogP contribution in [0.15, 0.2) is 10.6 Å². The van der Waals surface area contributed by atoms with Gasteiger partial charge in [-0.3, -0.25) is 0 Å². The van der Waals surface area contributed by atoms with Crippen LogP contribution in [0.25, 0.3) is 0 Å². The van der Waals surface area contributed by atoms with Crippen LogP contribution in [0.4, 0.5) is 8.78 Å². The van der Waals surface area contributed by atoms with Gasteiger partial charge in [0.25, 0.3) is 6.43 Å². The fourth-order valence-corrected chi connectivity index (χ4v) is 1.60. The zero-order chi connectivity index (χ0) is 12.8. The van der Waals surface area contributed by atoms with Crippen LogP contribution in [0, 0.1) is 0 Å². The third kappa shape index (κ3) is 5.10. The van der Waals surface area contributed by atoms with E-state index in [0.717, 1.165) is 13.0 Å². The van der Waals surface area contributed by atoms with E-state index >= 15 is 0 Å². The van der Waals surface area contributed by atoms with Crippen molar-refractivity contribution < 1.29 is 17.9 Å². The summed E-state index contributed by atoms with van der Waals surface area (Å²) < 4.78 is 33.9. The van der Waals surface area contributed by atoms with Crippen LogP contribution in [0.3, 0.4) is 0 Å². The maximum Gasteiger partial charge on any atom is 0.261 e. The molecule has 0 unspecified atom stereocenters. The van der Waals surface area contributed by atoms with Crippen LogP contribution in [-0.2, 0) is 17.6 Å². The Balaban J connectivity index is 1.59. The lowest BCUT2D eigenvalue weighted by Crippen LogP contribution is -2.19. The molecule has 0 saturated heterocycles. The predicted octanol–water partition coefficient (Wildman–Crippen LogP) is 1.79. The van der Waals surface area contributed by atoms with E-state index < -0.39 is 13.0 Å². The molecule has 1 aliphatic carbocycles. The number of hydrogen-bond acceptors (Lipinski definition) is 4. The van der Waals surface area contributed by atoms with Gasteiger partial charge >= 0.3 is 0 Å². The average Bonchev–Trinajstić information content (AvgIpc) is 3.04. The van der Waals surface area contributed by atoms with Gasteiger partial charge in [0.05, 0.1) is 12.8 Å². The third-order valence-corrected chi connectivity index (χ3v) is 2.69. The molecule has 6 heteroatoms. The number of halogens is 2. The monoisotopic (exact) mass is 260 g/mol. The molecule has 2 rings (SSSR count). The Morgan fingerprint density at radius 2 is 2.28 bits per heavy atom. The Morgan fingerprint density at radius 1 is 1.44 bits per heavy atom. The highest BCUT2D eigenvalue weighted by Gasteiger charge is 2.19. The lowest BCUT2D eigenvalue weighted by Gasteiger charge is -2.01. The molecular formula is C12H18F2N2O2. The zero-order valence-electron chi connectivity index (χ0n) is 10.2. The van der Waals surface area contributed by atoms with Gasteiger partial charge in [0.15, 0.2) is 5.89 Å². The summed E-state index contributed by atoms with van der Waals surface area (Å²) in [6, 6.07) is 0.683. The lowest BCUT2D eigenvalue weighted by molar-refractivity contribution is 0.0176. The zero-order valence-corrected chi connectivity index (χ0v) is 10.2. The Kier molecular flexibility index (Phi) is 5.07. The standard InChI is InChI=1S/C12H18F2N2O2/c13-11(14)8-17-6-4-10-7-16-12(18-10)3-5-15-9-1-2-9/h7,9,11,15H,1-6,8H2. The number of nitrogens with one attached hydrogen (secondary N) is 1. The normalized spacial score (nSPS) is 15.5. The smallest absolute Gasteiger partial charge is 0.261 e. The Hall–Kier alpha value is -1.01. The first-order valence-electron chi connectivity index (χ1n) is 6.27. The molecule has 0 bridgehead atoms. The van der Waals surface area contributed by atoms with Crippen molar-refractivity contribution in [2.45, 2.75) is 38.2 Å². The molecule has 0 amide bonds. The summed E-state index contributed by atoms with van der Waals surface area (Å²) in [5.74, 6) is 1.37. The second-order valence-corrected chi connectivity index (χ2v) is 4.41. The largest absolute Gasteiger partial charge is 0.446 e. The van der Waals surface area contributed by atoms with E-state index in [1.165, 1.54) is 12.8 Å². The van der Waals surface area contributed by atoms with Crippen molar-refractivity contribution in [1.29, 1.82) is 0 Å². The minimum absolute atomic E-state index is 0.235. The molecular weight excluding hydrogens is 242 g/mol. The molecule has 1 heterocycles. The van der Waals surface area contributed by atoms with Crippen LogP contribution in [0.1, 0.15) is 24.5 Å². The second-order valence-electron chi connectivity index (χ2n) is 4.41. The van der Waals surface area contributed by atoms with Crippen LogP contribution in [0.2, 0.25) is 0 Å². The van der Waals surface area contributed by atoms with Crippen molar-refractivity contribution in [3.63, 3.8) is 0 Å². The van der Waals surface area contributed by atoms with E-state index in [4.69, 9.17) is 9.15 Å². The van der Waals surface area contributed by atoms with Crippen molar-refractivity contribution in [3.05, 3.63) is 17.8 Å². The topological polar surface area (TPSA) is 47.3 Å². The van der Waals surface area contributed by atoms with Crippen LogP contribution >= 0.6 is 0 Å². The maximum absolute atomic E-state index is 11.8. The average molecular weight is 260 g/mol. The molecule has 1 aromatic rings. The predicted molar refractivity (Wildman–Crippen MR) is 61.8 cm³/mol. The number of hydrogen-bond donors (Lipinski definition) is 1. The summed E-state index contributed by atoms with van der Waals surface area (Å²) in [5, 5.41) is 3.37. The van der Waals surface area contributed by atoms with E-state index in [-0.39, 0.29) is 6.61 Å². The van der Waals surface area contributed by atoms with E-state index in [1.54, 1.807) is 6.20 Å². The van der Waals surface area contributed by atoms with Crippen molar-refractivity contribution >= 4 is 0 Å². The van der Waals surface area contributed by atoms with Crippen LogP contribution in [0.5, 0.6) is 0 Å². The summed E-state index contributed by atoms with van der Waals surface area (Å²) in [4.78, 5) is 4.14. The molecule has 102 valence electrons. The molecule has 0 radical (unpaired) electrons. The van der Waals surface area contributed by atoms with Crippen LogP contribution < -0.4 is 5.32 Å². The van der Waals surface area contributed by atoms with Gasteiger partial charge in [0.2, 0.25) is 0 Å². The van der Waals surface area contributed by atoms with E-state index in [2.05, 4.69) is 10.3 Å². The van der Waals surface area contributed by atoms with Gasteiger partial charge < -0.3 is 14.5 Å². The fraction of sp³-hybridized carbons (Fsp3) is 0.750. The van der Waals surface area contributed by atoms with E-state index in [1.807, 2.05) is 0 Å². The van der Waals surface area contributed by atoms with Gasteiger partial charge in [-0.2, -0.15) is 0 Å². The summed E-state index contributed by atoms with van der Waals surface area (Å²) in [7, 11) is 0. The summed E-state index contributed by atoms with van der Waals surface area (Å²) >= 11 is 0. The molecule has 4 nitrogen and oxygen atoms in total. The number of ether oxygens (including phenoxy) is 1. The quantitative estimate of drug-likeness (QED) is 0.688. The first-order valence-corrected chi connectivity index (χ1v) is 6.27. The molecule has 1 aliphatic rings. The van der Waals surface area contributed by atoms with Gasteiger partial charge in [-0.05, 0) is 12.8 Å². The molecule has 0 aromatic carbocycles. The Morgan fingerprint density at radius 3 is 3.00 bits per heavy atom. The van der Waals surface area contributed by atoms with Gasteiger partial charge in [0.1, 0.15) is 12.4 Å². The molecule has 1 saturated carbocycles. The highest BCUT2D eigenvalue weighted by Crippen LogP contribution is 2.18. The lowest BCUT2D eigenvalue weighted by atomic mass is 10.4. The Labute approximate surface area is 105 Å². The maximum atomic E-state index is 11.8. The molecule has 0 aliphatic heterocycles. The molecule has 0 atom stereocenters. The van der Waals surface area contributed by atoms with Crippen molar-refractivity contribution in [2.75, 3.05) is 19.8 Å². The van der Waals surface area contributed by atoms with Crippen molar-refractivity contribution in [3.8, 4) is 0 Å². The van der Waals surface area contributed by atoms with Gasteiger partial charge in [0, 0.05) is 25.4 Å². The summed E-state index contributed by atoms with van der Waals surface area (Å²) in [6.45, 7) is 0.581. The number of alkyl halides is 2. The van der Waals surface area contributed by atoms with E-state index in [9.17, 15) is 8.78 Å². The fourth-order valence-electron chi connectivity index (χ4n) is 1.60. The first kappa shape index (κ1) is 13.4. The molecule has 0 spiro atoms. The first-order chi connectivity index (χ1) is 8.74. The van der Waals surface area contributed by atoms with Gasteiger partial charge in [-0.1, -0.05) is 0 Å². The van der Waals surface area contributed by atoms with Gasteiger partial charge in [-0.25, -0.2) is 13.8 Å². The summed E-state index contributed by atoms with van der Waals surface area (Å²) in [6.07, 6.45) is 2.99. The van der Waals surface area contributed by atoms with E-state index in [0.29, 0.717) is 24.1 Å². The Bertz CT molecular complexity index is 354. The van der Waals surface area contributed by atoms with Gasteiger partial charge in [-0.15, -0.1) is 0 Å². The SMILES string of the molecule is FC(F)COCCc1cnc(CCNC2CC2)o1. The number of nitrogens with zero attached hydrogens (tertiary/aromatic N) is 1. The molecule has 1 fully saturated rings. The minimum Gasteiger partial charge on any atom is -0.446 e. The number of aromatic nitrogens is 1. The van der Waals surface area contributed by atoms with Crippen molar-refractivity contribution in [2.24, 2.45) is 0 Å². The minimum atomic E-state index is -2.41.